The Bertz CT molecular complexity index is 444. The average molecular weight is 257 g/mol. The third-order valence-electron chi connectivity index (χ3n) is 2.85. The molecule has 1 amide bonds. The summed E-state index contributed by atoms with van der Waals surface area (Å²) in [6.07, 6.45) is 0. The highest BCUT2D eigenvalue weighted by atomic mass is 35.5. The Balaban J connectivity index is 3.39. The Labute approximate surface area is 106 Å². The van der Waals surface area contributed by atoms with Gasteiger partial charge in [-0.1, -0.05) is 11.6 Å². The predicted octanol–water partition coefficient (Wildman–Crippen LogP) is 1.92. The number of hydrogen-bond acceptors (Lipinski definition) is 3. The molecular weight excluding hydrogens is 240 g/mol. The fourth-order valence-electron chi connectivity index (χ4n) is 1.62. The van der Waals surface area contributed by atoms with Crippen molar-refractivity contribution in [3.63, 3.8) is 0 Å². The number of carbonyl (C=O) groups is 1. The van der Waals surface area contributed by atoms with Crippen molar-refractivity contribution < 1.29 is 9.53 Å². The lowest BCUT2D eigenvalue weighted by Crippen LogP contribution is -2.43. The van der Waals surface area contributed by atoms with Crippen molar-refractivity contribution in [1.29, 1.82) is 0 Å². The monoisotopic (exact) mass is 256 g/mol. The first-order chi connectivity index (χ1) is 7.84. The van der Waals surface area contributed by atoms with Gasteiger partial charge < -0.3 is 4.74 Å². The highest BCUT2D eigenvalue weighted by Crippen LogP contribution is 2.35. The SMILES string of the molecule is COc1cc(C)c(Cl)cc1C(C)(C)C(=O)NN. The highest BCUT2D eigenvalue weighted by molar-refractivity contribution is 6.31. The van der Waals surface area contributed by atoms with Crippen molar-refractivity contribution in [2.45, 2.75) is 26.2 Å². The van der Waals surface area contributed by atoms with E-state index in [0.29, 0.717) is 16.3 Å². The minimum absolute atomic E-state index is 0.296. The van der Waals surface area contributed by atoms with Crippen molar-refractivity contribution in [3.8, 4) is 5.75 Å². The first kappa shape index (κ1) is 13.8. The molecule has 0 saturated carbocycles. The van der Waals surface area contributed by atoms with Crippen molar-refractivity contribution in [1.82, 2.24) is 5.43 Å². The third-order valence-corrected chi connectivity index (χ3v) is 3.26. The van der Waals surface area contributed by atoms with Gasteiger partial charge in [0.2, 0.25) is 5.91 Å². The lowest BCUT2D eigenvalue weighted by atomic mass is 9.83. The van der Waals surface area contributed by atoms with Crippen molar-refractivity contribution >= 4 is 17.5 Å². The highest BCUT2D eigenvalue weighted by Gasteiger charge is 2.32. The molecule has 4 nitrogen and oxygen atoms in total. The number of hydrogen-bond donors (Lipinski definition) is 2. The van der Waals surface area contributed by atoms with E-state index in [2.05, 4.69) is 5.43 Å². The van der Waals surface area contributed by atoms with Gasteiger partial charge in [0.15, 0.2) is 0 Å². The number of hydrazine groups is 1. The summed E-state index contributed by atoms with van der Waals surface area (Å²) < 4.78 is 5.28. The molecule has 0 radical (unpaired) electrons. The van der Waals surface area contributed by atoms with Crippen LogP contribution in [0.3, 0.4) is 0 Å². The zero-order chi connectivity index (χ0) is 13.2. The molecule has 0 aliphatic rings. The number of carbonyl (C=O) groups excluding carboxylic acids is 1. The van der Waals surface area contributed by atoms with E-state index in [1.807, 2.05) is 13.0 Å². The summed E-state index contributed by atoms with van der Waals surface area (Å²) in [4.78, 5) is 11.8. The standard InChI is InChI=1S/C12H17ClN2O2/c1-7-5-10(17-4)8(6-9(7)13)12(2,3)11(16)15-14/h5-6H,14H2,1-4H3,(H,15,16). The molecule has 1 aromatic carbocycles. The molecule has 0 aliphatic carbocycles. The van der Waals surface area contributed by atoms with Crippen LogP contribution in [0.15, 0.2) is 12.1 Å². The second-order valence-corrected chi connectivity index (χ2v) is 4.81. The number of ether oxygens (including phenoxy) is 1. The zero-order valence-corrected chi connectivity index (χ0v) is 11.2. The molecule has 1 rings (SSSR count). The zero-order valence-electron chi connectivity index (χ0n) is 10.4. The Kier molecular flexibility index (Phi) is 4.01. The summed E-state index contributed by atoms with van der Waals surface area (Å²) in [6.45, 7) is 5.40. The van der Waals surface area contributed by atoms with Gasteiger partial charge in [-0.2, -0.15) is 0 Å². The van der Waals surface area contributed by atoms with Gasteiger partial charge in [-0.25, -0.2) is 5.84 Å². The molecule has 0 aromatic heterocycles. The largest absolute Gasteiger partial charge is 0.496 e. The van der Waals surface area contributed by atoms with Crippen LogP contribution < -0.4 is 16.0 Å². The molecule has 0 bridgehead atoms. The number of nitrogens with two attached hydrogens (primary N) is 1. The molecule has 0 saturated heterocycles. The van der Waals surface area contributed by atoms with Crippen molar-refractivity contribution in [2.75, 3.05) is 7.11 Å². The van der Waals surface area contributed by atoms with E-state index in [-0.39, 0.29) is 5.91 Å². The number of nitrogens with one attached hydrogen (secondary N) is 1. The van der Waals surface area contributed by atoms with Gasteiger partial charge in [0.05, 0.1) is 12.5 Å². The van der Waals surface area contributed by atoms with Gasteiger partial charge in [-0.3, -0.25) is 10.2 Å². The molecule has 1 aromatic rings. The molecule has 0 spiro atoms. The van der Waals surface area contributed by atoms with Crippen LogP contribution in [0.5, 0.6) is 5.75 Å². The summed E-state index contributed by atoms with van der Waals surface area (Å²) in [5, 5.41) is 0.596. The lowest BCUT2D eigenvalue weighted by molar-refractivity contribution is -0.125. The number of methoxy groups -OCH3 is 1. The van der Waals surface area contributed by atoms with E-state index in [4.69, 9.17) is 22.2 Å². The van der Waals surface area contributed by atoms with Gasteiger partial charge in [-0.05, 0) is 38.5 Å². The summed E-state index contributed by atoms with van der Waals surface area (Å²) in [5.74, 6) is 5.51. The normalized spacial score (nSPS) is 11.2. The van der Waals surface area contributed by atoms with Crippen LogP contribution in [-0.4, -0.2) is 13.0 Å². The molecule has 3 N–H and O–H groups in total. The average Bonchev–Trinajstić information content (AvgIpc) is 2.30. The van der Waals surface area contributed by atoms with E-state index in [1.54, 1.807) is 27.0 Å². The van der Waals surface area contributed by atoms with E-state index < -0.39 is 5.41 Å². The first-order valence-electron chi connectivity index (χ1n) is 5.20. The second kappa shape index (κ2) is 4.94. The second-order valence-electron chi connectivity index (χ2n) is 4.40. The fourth-order valence-corrected chi connectivity index (χ4v) is 1.78. The Hall–Kier alpha value is -1.26. The molecule has 5 heteroatoms. The number of amides is 1. The van der Waals surface area contributed by atoms with Crippen LogP contribution in [0.25, 0.3) is 0 Å². The third kappa shape index (κ3) is 2.53. The maximum absolute atomic E-state index is 11.8. The Morgan fingerprint density at radius 1 is 1.47 bits per heavy atom. The maximum Gasteiger partial charge on any atom is 0.244 e. The molecular formula is C12H17ClN2O2. The van der Waals surface area contributed by atoms with Crippen LogP contribution in [0.2, 0.25) is 5.02 Å². The quantitative estimate of drug-likeness (QED) is 0.493. The maximum atomic E-state index is 11.8. The molecule has 0 unspecified atom stereocenters. The number of rotatable bonds is 3. The van der Waals surface area contributed by atoms with Gasteiger partial charge in [-0.15, -0.1) is 0 Å². The molecule has 17 heavy (non-hydrogen) atoms. The van der Waals surface area contributed by atoms with Crippen LogP contribution >= 0.6 is 11.6 Å². The van der Waals surface area contributed by atoms with Gasteiger partial charge in [0.25, 0.3) is 0 Å². The van der Waals surface area contributed by atoms with Crippen LogP contribution in [0.4, 0.5) is 0 Å². The van der Waals surface area contributed by atoms with E-state index in [1.165, 1.54) is 0 Å². The molecule has 0 heterocycles. The fraction of sp³-hybridized carbons (Fsp3) is 0.417. The van der Waals surface area contributed by atoms with Gasteiger partial charge in [0, 0.05) is 10.6 Å². The lowest BCUT2D eigenvalue weighted by Gasteiger charge is -2.25. The van der Waals surface area contributed by atoms with Crippen LogP contribution in [0, 0.1) is 6.92 Å². The number of aryl methyl sites for hydroxylation is 1. The van der Waals surface area contributed by atoms with E-state index in [0.717, 1.165) is 5.56 Å². The minimum Gasteiger partial charge on any atom is -0.496 e. The predicted molar refractivity (Wildman–Crippen MR) is 68.1 cm³/mol. The van der Waals surface area contributed by atoms with Crippen LogP contribution in [-0.2, 0) is 10.2 Å². The number of halogens is 1. The van der Waals surface area contributed by atoms with E-state index >= 15 is 0 Å². The van der Waals surface area contributed by atoms with Crippen molar-refractivity contribution in [2.24, 2.45) is 5.84 Å². The first-order valence-corrected chi connectivity index (χ1v) is 5.58. The minimum atomic E-state index is -0.808. The molecule has 94 valence electrons. The summed E-state index contributed by atoms with van der Waals surface area (Å²) >= 11 is 6.08. The Morgan fingerprint density at radius 2 is 2.06 bits per heavy atom. The Morgan fingerprint density at radius 3 is 2.53 bits per heavy atom. The molecule has 0 fully saturated rings. The van der Waals surface area contributed by atoms with Gasteiger partial charge in [0.1, 0.15) is 5.75 Å². The topological polar surface area (TPSA) is 64.3 Å². The van der Waals surface area contributed by atoms with Crippen LogP contribution in [0.1, 0.15) is 25.0 Å². The summed E-state index contributed by atoms with van der Waals surface area (Å²) in [7, 11) is 1.56. The van der Waals surface area contributed by atoms with Gasteiger partial charge >= 0.3 is 0 Å². The van der Waals surface area contributed by atoms with Crippen molar-refractivity contribution in [3.05, 3.63) is 28.3 Å². The molecule has 0 aliphatic heterocycles. The molecule has 0 atom stereocenters. The number of benzene rings is 1. The smallest absolute Gasteiger partial charge is 0.244 e. The summed E-state index contributed by atoms with van der Waals surface area (Å²) in [6, 6.07) is 3.55. The van der Waals surface area contributed by atoms with E-state index in [9.17, 15) is 4.79 Å². The summed E-state index contributed by atoms with van der Waals surface area (Å²) in [5.41, 5.74) is 2.95.